The van der Waals surface area contributed by atoms with E-state index in [0.29, 0.717) is 44.2 Å². The van der Waals surface area contributed by atoms with Crippen molar-refractivity contribution in [2.24, 2.45) is 0 Å². The SMILES string of the molecule is CCOc1cc2c(cc1OCC)C1CC(=O)CCN1CC2CCC#N. The average molecular weight is 342 g/mol. The Morgan fingerprint density at radius 1 is 1.20 bits per heavy atom. The molecule has 0 radical (unpaired) electrons. The molecule has 1 saturated heterocycles. The summed E-state index contributed by atoms with van der Waals surface area (Å²) in [5, 5.41) is 9.01. The standard InChI is InChI=1S/C20H26N2O3/c1-3-24-19-11-16-14(6-5-8-21)13-22-9-7-15(23)10-18(22)17(16)12-20(19)25-4-2/h11-12,14,18H,3-7,9-10,13H2,1-2H3. The molecule has 0 aromatic heterocycles. The van der Waals surface area contributed by atoms with E-state index >= 15 is 0 Å². The topological polar surface area (TPSA) is 62.6 Å². The molecule has 1 fully saturated rings. The highest BCUT2D eigenvalue weighted by Crippen LogP contribution is 2.46. The molecule has 0 spiro atoms. The number of carbonyl (C=O) groups is 1. The van der Waals surface area contributed by atoms with Gasteiger partial charge in [-0.25, -0.2) is 0 Å². The molecule has 0 amide bonds. The van der Waals surface area contributed by atoms with E-state index in [2.05, 4.69) is 23.1 Å². The number of benzene rings is 1. The minimum Gasteiger partial charge on any atom is -0.490 e. The van der Waals surface area contributed by atoms with Crippen molar-refractivity contribution in [3.05, 3.63) is 23.3 Å². The van der Waals surface area contributed by atoms with E-state index < -0.39 is 0 Å². The molecule has 0 aliphatic carbocycles. The number of rotatable bonds is 6. The summed E-state index contributed by atoms with van der Waals surface area (Å²) in [6.45, 7) is 6.79. The lowest BCUT2D eigenvalue weighted by Crippen LogP contribution is -2.43. The van der Waals surface area contributed by atoms with Gasteiger partial charge in [-0.05, 0) is 49.4 Å². The summed E-state index contributed by atoms with van der Waals surface area (Å²) in [5.41, 5.74) is 2.40. The van der Waals surface area contributed by atoms with Gasteiger partial charge in [-0.3, -0.25) is 9.69 Å². The summed E-state index contributed by atoms with van der Waals surface area (Å²) in [5.74, 6) is 2.14. The molecule has 0 bridgehead atoms. The molecular formula is C20H26N2O3. The summed E-state index contributed by atoms with van der Waals surface area (Å²) < 4.78 is 11.6. The lowest BCUT2D eigenvalue weighted by Gasteiger charge is -2.43. The number of hydrogen-bond acceptors (Lipinski definition) is 5. The first kappa shape index (κ1) is 17.8. The monoisotopic (exact) mass is 342 g/mol. The van der Waals surface area contributed by atoms with Crippen LogP contribution in [0.25, 0.3) is 0 Å². The molecule has 5 heteroatoms. The minimum atomic E-state index is 0.129. The van der Waals surface area contributed by atoms with Crippen molar-refractivity contribution in [3.8, 4) is 17.6 Å². The minimum absolute atomic E-state index is 0.129. The Morgan fingerprint density at radius 3 is 2.52 bits per heavy atom. The Hall–Kier alpha value is -2.06. The van der Waals surface area contributed by atoms with Crippen LogP contribution in [-0.4, -0.2) is 37.0 Å². The van der Waals surface area contributed by atoms with Crippen LogP contribution < -0.4 is 9.47 Å². The molecule has 2 aliphatic heterocycles. The van der Waals surface area contributed by atoms with E-state index in [1.54, 1.807) is 0 Å². The number of ketones is 1. The predicted molar refractivity (Wildman–Crippen MR) is 94.9 cm³/mol. The summed E-state index contributed by atoms with van der Waals surface area (Å²) in [6.07, 6.45) is 2.57. The number of Topliss-reactive ketones (excluding diaryl/α,β-unsaturated/α-hetero) is 1. The van der Waals surface area contributed by atoms with Crippen LogP contribution in [-0.2, 0) is 4.79 Å². The first-order valence-electron chi connectivity index (χ1n) is 9.24. The molecule has 1 aromatic carbocycles. The van der Waals surface area contributed by atoms with Crippen molar-refractivity contribution in [3.63, 3.8) is 0 Å². The van der Waals surface area contributed by atoms with Crippen molar-refractivity contribution in [1.82, 2.24) is 4.90 Å². The summed E-state index contributed by atoms with van der Waals surface area (Å²) in [4.78, 5) is 14.4. The van der Waals surface area contributed by atoms with Gasteiger partial charge < -0.3 is 9.47 Å². The maximum atomic E-state index is 12.0. The van der Waals surface area contributed by atoms with Crippen LogP contribution in [0.3, 0.4) is 0 Å². The van der Waals surface area contributed by atoms with Crippen LogP contribution in [0.15, 0.2) is 12.1 Å². The third-order valence-corrected chi connectivity index (χ3v) is 5.15. The van der Waals surface area contributed by atoms with Crippen LogP contribution in [0, 0.1) is 11.3 Å². The molecule has 5 nitrogen and oxygen atoms in total. The van der Waals surface area contributed by atoms with E-state index in [1.807, 2.05) is 13.8 Å². The van der Waals surface area contributed by atoms with Crippen molar-refractivity contribution < 1.29 is 14.3 Å². The fourth-order valence-electron chi connectivity index (χ4n) is 4.03. The molecule has 2 aliphatic rings. The Bertz CT molecular complexity index is 680. The van der Waals surface area contributed by atoms with E-state index in [1.165, 1.54) is 11.1 Å². The maximum Gasteiger partial charge on any atom is 0.161 e. The third kappa shape index (κ3) is 3.64. The smallest absolute Gasteiger partial charge is 0.161 e. The maximum absolute atomic E-state index is 12.0. The molecule has 0 N–H and O–H groups in total. The summed E-state index contributed by atoms with van der Waals surface area (Å²) in [7, 11) is 0. The van der Waals surface area contributed by atoms with Crippen LogP contribution in [0.1, 0.15) is 62.6 Å². The molecule has 1 aromatic rings. The number of piperidine rings is 1. The predicted octanol–water partition coefficient (Wildman–Crippen LogP) is 3.59. The zero-order valence-corrected chi connectivity index (χ0v) is 15.1. The van der Waals surface area contributed by atoms with Gasteiger partial charge in [-0.1, -0.05) is 0 Å². The first-order chi connectivity index (χ1) is 12.2. The van der Waals surface area contributed by atoms with Crippen LogP contribution in [0.4, 0.5) is 0 Å². The summed E-state index contributed by atoms with van der Waals surface area (Å²) >= 11 is 0. The fourth-order valence-corrected chi connectivity index (χ4v) is 4.03. The number of ether oxygens (including phenoxy) is 2. The second kappa shape index (κ2) is 7.88. The van der Waals surface area contributed by atoms with Gasteiger partial charge in [-0.2, -0.15) is 5.26 Å². The zero-order chi connectivity index (χ0) is 17.8. The molecule has 2 unspecified atom stereocenters. The second-order valence-corrected chi connectivity index (χ2v) is 6.69. The first-order valence-corrected chi connectivity index (χ1v) is 9.24. The number of nitrogens with zero attached hydrogens (tertiary/aromatic N) is 2. The van der Waals surface area contributed by atoms with Gasteiger partial charge in [0, 0.05) is 38.4 Å². The van der Waals surface area contributed by atoms with Crippen molar-refractivity contribution >= 4 is 5.78 Å². The molecule has 0 saturated carbocycles. The molecule has 3 rings (SSSR count). The number of carbonyl (C=O) groups excluding carboxylic acids is 1. The third-order valence-electron chi connectivity index (χ3n) is 5.15. The second-order valence-electron chi connectivity index (χ2n) is 6.69. The molecule has 25 heavy (non-hydrogen) atoms. The van der Waals surface area contributed by atoms with Gasteiger partial charge in [0.2, 0.25) is 0 Å². The molecule has 134 valence electrons. The van der Waals surface area contributed by atoms with Gasteiger partial charge >= 0.3 is 0 Å². The van der Waals surface area contributed by atoms with Gasteiger partial charge in [-0.15, -0.1) is 0 Å². The number of hydrogen-bond donors (Lipinski definition) is 0. The van der Waals surface area contributed by atoms with Crippen LogP contribution in [0.5, 0.6) is 11.5 Å². The highest BCUT2D eigenvalue weighted by atomic mass is 16.5. The lowest BCUT2D eigenvalue weighted by molar-refractivity contribution is -0.123. The van der Waals surface area contributed by atoms with Gasteiger partial charge in [0.05, 0.1) is 19.3 Å². The summed E-state index contributed by atoms with van der Waals surface area (Å²) in [6, 6.07) is 6.55. The van der Waals surface area contributed by atoms with Crippen molar-refractivity contribution in [2.75, 3.05) is 26.3 Å². The van der Waals surface area contributed by atoms with Gasteiger partial charge in [0.25, 0.3) is 0 Å². The number of fused-ring (bicyclic) bond motifs is 3. The van der Waals surface area contributed by atoms with Crippen molar-refractivity contribution in [2.45, 2.75) is 51.5 Å². The highest BCUT2D eigenvalue weighted by Gasteiger charge is 2.37. The average Bonchev–Trinajstić information content (AvgIpc) is 2.61. The quantitative estimate of drug-likeness (QED) is 0.790. The van der Waals surface area contributed by atoms with Crippen molar-refractivity contribution in [1.29, 1.82) is 5.26 Å². The Morgan fingerprint density at radius 2 is 1.88 bits per heavy atom. The lowest BCUT2D eigenvalue weighted by atomic mass is 9.79. The highest BCUT2D eigenvalue weighted by molar-refractivity contribution is 5.80. The van der Waals surface area contributed by atoms with Crippen LogP contribution in [0.2, 0.25) is 0 Å². The van der Waals surface area contributed by atoms with Crippen LogP contribution >= 0.6 is 0 Å². The molecular weight excluding hydrogens is 316 g/mol. The fraction of sp³-hybridized carbons (Fsp3) is 0.600. The Balaban J connectivity index is 2.04. The van der Waals surface area contributed by atoms with Gasteiger partial charge in [0.15, 0.2) is 11.5 Å². The molecule has 2 heterocycles. The normalized spacial score (nSPS) is 22.7. The largest absolute Gasteiger partial charge is 0.490 e. The zero-order valence-electron chi connectivity index (χ0n) is 15.1. The van der Waals surface area contributed by atoms with E-state index in [9.17, 15) is 4.79 Å². The Labute approximate surface area is 149 Å². The van der Waals surface area contributed by atoms with E-state index in [0.717, 1.165) is 31.0 Å². The van der Waals surface area contributed by atoms with E-state index in [4.69, 9.17) is 14.7 Å². The molecule has 2 atom stereocenters. The Kier molecular flexibility index (Phi) is 5.60. The number of nitriles is 1. The van der Waals surface area contributed by atoms with E-state index in [-0.39, 0.29) is 6.04 Å². The van der Waals surface area contributed by atoms with Gasteiger partial charge in [0.1, 0.15) is 5.78 Å².